The molecule has 1 amide bonds. The first-order valence-corrected chi connectivity index (χ1v) is 12.0. The van der Waals surface area contributed by atoms with Gasteiger partial charge < -0.3 is 19.5 Å². The van der Waals surface area contributed by atoms with Crippen LogP contribution in [-0.4, -0.2) is 47.7 Å². The zero-order valence-electron chi connectivity index (χ0n) is 19.7. The van der Waals surface area contributed by atoms with Gasteiger partial charge in [-0.15, -0.1) is 0 Å². The van der Waals surface area contributed by atoms with Crippen LogP contribution in [0.4, 0.5) is 11.4 Å². The Kier molecular flexibility index (Phi) is 7.98. The number of anilines is 2. The van der Waals surface area contributed by atoms with Crippen molar-refractivity contribution in [2.45, 2.75) is 17.9 Å². The predicted molar refractivity (Wildman–Crippen MR) is 132 cm³/mol. The third-order valence-corrected chi connectivity index (χ3v) is 6.94. The first-order chi connectivity index (χ1) is 16.6. The molecule has 3 aromatic carbocycles. The van der Waals surface area contributed by atoms with E-state index in [1.54, 1.807) is 48.5 Å². The Hall–Kier alpha value is -4.05. The lowest BCUT2D eigenvalue weighted by atomic mass is 10.2. The third-order valence-electron chi connectivity index (χ3n) is 5.15. The molecule has 0 saturated carbocycles. The molecule has 1 N–H and O–H groups in total. The number of amides is 1. The number of ether oxygens (including phenoxy) is 3. The van der Waals surface area contributed by atoms with Crippen molar-refractivity contribution in [1.82, 2.24) is 0 Å². The van der Waals surface area contributed by atoms with Crippen molar-refractivity contribution in [3.8, 4) is 11.5 Å². The molecular weight excluding hydrogens is 472 g/mol. The molecule has 0 fully saturated rings. The molecule has 0 aliphatic heterocycles. The van der Waals surface area contributed by atoms with Gasteiger partial charge in [-0.1, -0.05) is 12.1 Å². The van der Waals surface area contributed by atoms with E-state index in [1.165, 1.54) is 52.5 Å². The normalized spacial score (nSPS) is 11.8. The van der Waals surface area contributed by atoms with Crippen molar-refractivity contribution < 1.29 is 32.2 Å². The summed E-state index contributed by atoms with van der Waals surface area (Å²) in [4.78, 5) is 25.0. The van der Waals surface area contributed by atoms with E-state index in [0.29, 0.717) is 22.9 Å². The Morgan fingerprint density at radius 2 is 1.54 bits per heavy atom. The van der Waals surface area contributed by atoms with Crippen LogP contribution in [0.3, 0.4) is 0 Å². The molecule has 184 valence electrons. The molecule has 10 heteroatoms. The Morgan fingerprint density at radius 3 is 2.20 bits per heavy atom. The summed E-state index contributed by atoms with van der Waals surface area (Å²) in [6, 6.07) is 18.7. The van der Waals surface area contributed by atoms with E-state index in [4.69, 9.17) is 14.2 Å². The fourth-order valence-corrected chi connectivity index (χ4v) is 4.34. The highest BCUT2D eigenvalue weighted by molar-refractivity contribution is 7.92. The van der Waals surface area contributed by atoms with Crippen molar-refractivity contribution >= 4 is 33.3 Å². The van der Waals surface area contributed by atoms with E-state index in [1.807, 2.05) is 0 Å². The lowest BCUT2D eigenvalue weighted by Crippen LogP contribution is -2.30. The fourth-order valence-electron chi connectivity index (χ4n) is 3.10. The largest absolute Gasteiger partial charge is 0.497 e. The summed E-state index contributed by atoms with van der Waals surface area (Å²) >= 11 is 0. The third kappa shape index (κ3) is 6.10. The van der Waals surface area contributed by atoms with Gasteiger partial charge in [-0.05, 0) is 61.5 Å². The standard InChI is InChI=1S/C25H26N2O7S/c1-17(24(28)26-19-8-6-9-22(16-19)33-4)34-25(29)18-7-5-10-23(15-18)35(30,31)27(2)20-11-13-21(32-3)14-12-20/h5-17H,1-4H3,(H,26,28). The molecule has 0 spiro atoms. The van der Waals surface area contributed by atoms with Crippen LogP contribution in [0.2, 0.25) is 0 Å². The fraction of sp³-hybridized carbons (Fsp3) is 0.200. The number of nitrogens with one attached hydrogen (secondary N) is 1. The van der Waals surface area contributed by atoms with Gasteiger partial charge in [-0.25, -0.2) is 13.2 Å². The van der Waals surface area contributed by atoms with Gasteiger partial charge in [0.05, 0.1) is 30.4 Å². The number of nitrogens with zero attached hydrogens (tertiary/aromatic N) is 1. The van der Waals surface area contributed by atoms with Gasteiger partial charge in [0, 0.05) is 18.8 Å². The van der Waals surface area contributed by atoms with Gasteiger partial charge in [-0.2, -0.15) is 0 Å². The number of hydrogen-bond donors (Lipinski definition) is 1. The van der Waals surface area contributed by atoms with Gasteiger partial charge in [0.25, 0.3) is 15.9 Å². The van der Waals surface area contributed by atoms with E-state index < -0.39 is 28.0 Å². The van der Waals surface area contributed by atoms with Gasteiger partial charge in [-0.3, -0.25) is 9.10 Å². The minimum absolute atomic E-state index is 0.00441. The highest BCUT2D eigenvalue weighted by Gasteiger charge is 2.24. The average molecular weight is 499 g/mol. The molecule has 35 heavy (non-hydrogen) atoms. The van der Waals surface area contributed by atoms with Crippen molar-refractivity contribution in [2.75, 3.05) is 30.9 Å². The van der Waals surface area contributed by atoms with E-state index in [-0.39, 0.29) is 10.5 Å². The molecule has 3 aromatic rings. The van der Waals surface area contributed by atoms with E-state index in [0.717, 1.165) is 4.31 Å². The van der Waals surface area contributed by atoms with Gasteiger partial charge >= 0.3 is 5.97 Å². The molecule has 1 atom stereocenters. The maximum atomic E-state index is 13.1. The summed E-state index contributed by atoms with van der Waals surface area (Å²) in [5.74, 6) is -0.226. The van der Waals surface area contributed by atoms with Crippen molar-refractivity contribution in [3.63, 3.8) is 0 Å². The Labute approximate surface area is 204 Å². The Bertz CT molecular complexity index is 1310. The topological polar surface area (TPSA) is 111 Å². The molecular formula is C25H26N2O7S. The highest BCUT2D eigenvalue weighted by atomic mass is 32.2. The second-order valence-corrected chi connectivity index (χ2v) is 9.44. The molecule has 3 rings (SSSR count). The number of hydrogen-bond acceptors (Lipinski definition) is 7. The molecule has 0 saturated heterocycles. The molecule has 0 aromatic heterocycles. The molecule has 0 aliphatic rings. The second-order valence-electron chi connectivity index (χ2n) is 7.47. The summed E-state index contributed by atoms with van der Waals surface area (Å²) < 4.78 is 42.8. The zero-order valence-corrected chi connectivity index (χ0v) is 20.5. The zero-order chi connectivity index (χ0) is 25.6. The van der Waals surface area contributed by atoms with Crippen LogP contribution in [0.1, 0.15) is 17.3 Å². The van der Waals surface area contributed by atoms with Crippen molar-refractivity contribution in [1.29, 1.82) is 0 Å². The average Bonchev–Trinajstić information content (AvgIpc) is 2.88. The molecule has 0 heterocycles. The van der Waals surface area contributed by atoms with Crippen LogP contribution in [0.25, 0.3) is 0 Å². The van der Waals surface area contributed by atoms with Crippen LogP contribution in [0.5, 0.6) is 11.5 Å². The predicted octanol–water partition coefficient (Wildman–Crippen LogP) is 3.71. The highest BCUT2D eigenvalue weighted by Crippen LogP contribution is 2.25. The monoisotopic (exact) mass is 498 g/mol. The van der Waals surface area contributed by atoms with Crippen LogP contribution < -0.4 is 19.1 Å². The summed E-state index contributed by atoms with van der Waals surface area (Å²) in [6.07, 6.45) is -1.13. The second kappa shape index (κ2) is 10.9. The Morgan fingerprint density at radius 1 is 0.886 bits per heavy atom. The molecule has 0 radical (unpaired) electrons. The van der Waals surface area contributed by atoms with Gasteiger partial charge in [0.1, 0.15) is 11.5 Å². The smallest absolute Gasteiger partial charge is 0.338 e. The lowest BCUT2D eigenvalue weighted by Gasteiger charge is -2.20. The van der Waals surface area contributed by atoms with E-state index >= 15 is 0 Å². The number of benzene rings is 3. The molecule has 1 unspecified atom stereocenters. The number of rotatable bonds is 9. The minimum atomic E-state index is -3.97. The van der Waals surface area contributed by atoms with Crippen LogP contribution in [-0.2, 0) is 19.6 Å². The number of carbonyl (C=O) groups is 2. The first kappa shape index (κ1) is 25.6. The number of methoxy groups -OCH3 is 2. The molecule has 0 bridgehead atoms. The van der Waals surface area contributed by atoms with E-state index in [9.17, 15) is 18.0 Å². The van der Waals surface area contributed by atoms with Crippen LogP contribution in [0.15, 0.2) is 77.7 Å². The number of esters is 1. The first-order valence-electron chi connectivity index (χ1n) is 10.5. The lowest BCUT2D eigenvalue weighted by molar-refractivity contribution is -0.123. The maximum absolute atomic E-state index is 13.1. The molecule has 9 nitrogen and oxygen atoms in total. The quantitative estimate of drug-likeness (QED) is 0.448. The SMILES string of the molecule is COc1ccc(N(C)S(=O)(=O)c2cccc(C(=O)OC(C)C(=O)Nc3cccc(OC)c3)c2)cc1. The van der Waals surface area contributed by atoms with Gasteiger partial charge in [0.2, 0.25) is 0 Å². The van der Waals surface area contributed by atoms with Crippen molar-refractivity contribution in [2.24, 2.45) is 0 Å². The summed E-state index contributed by atoms with van der Waals surface area (Å²) in [6.45, 7) is 1.42. The summed E-state index contributed by atoms with van der Waals surface area (Å²) in [7, 11) is 0.469. The summed E-state index contributed by atoms with van der Waals surface area (Å²) in [5.41, 5.74) is 0.892. The van der Waals surface area contributed by atoms with Crippen LogP contribution >= 0.6 is 0 Å². The number of carbonyl (C=O) groups excluding carboxylic acids is 2. The van der Waals surface area contributed by atoms with Crippen molar-refractivity contribution in [3.05, 3.63) is 78.4 Å². The minimum Gasteiger partial charge on any atom is -0.497 e. The summed E-state index contributed by atoms with van der Waals surface area (Å²) in [5, 5.41) is 2.64. The molecule has 0 aliphatic carbocycles. The maximum Gasteiger partial charge on any atom is 0.338 e. The van der Waals surface area contributed by atoms with Crippen LogP contribution in [0, 0.1) is 0 Å². The van der Waals surface area contributed by atoms with E-state index in [2.05, 4.69) is 5.32 Å². The van der Waals surface area contributed by atoms with Gasteiger partial charge in [0.15, 0.2) is 6.10 Å². The Balaban J connectivity index is 1.72. The number of sulfonamides is 1.